The van der Waals surface area contributed by atoms with E-state index >= 15 is 0 Å². The van der Waals surface area contributed by atoms with Crippen LogP contribution in [-0.2, 0) is 15.6 Å². The molecule has 0 N–H and O–H groups in total. The number of rotatable bonds is 1. The molecular formula is C17H9F6NO3S2. The highest BCUT2D eigenvalue weighted by molar-refractivity contribution is 7.86. The van der Waals surface area contributed by atoms with Crippen LogP contribution in [0.2, 0.25) is 0 Å². The third-order valence-corrected chi connectivity index (χ3v) is 6.07. The predicted octanol–water partition coefficient (Wildman–Crippen LogP) is 5.66. The van der Waals surface area contributed by atoms with E-state index in [0.29, 0.717) is 21.2 Å². The molecule has 154 valence electrons. The van der Waals surface area contributed by atoms with Gasteiger partial charge in [0.2, 0.25) is 0 Å². The van der Waals surface area contributed by atoms with Gasteiger partial charge in [-0.25, -0.2) is 8.42 Å². The normalized spacial score (nSPS) is 12.8. The second-order valence-corrected chi connectivity index (χ2v) is 8.72. The van der Waals surface area contributed by atoms with Crippen molar-refractivity contribution in [2.24, 2.45) is 0 Å². The van der Waals surface area contributed by atoms with E-state index in [1.54, 1.807) is 42.5 Å². The summed E-state index contributed by atoms with van der Waals surface area (Å²) in [4.78, 5) is 0.223. The van der Waals surface area contributed by atoms with Crippen molar-refractivity contribution in [3.63, 3.8) is 0 Å². The lowest BCUT2D eigenvalue weighted by atomic mass is 10.1. The maximum atomic E-state index is 13.5. The van der Waals surface area contributed by atoms with Crippen molar-refractivity contribution < 1.29 is 39.3 Å². The van der Waals surface area contributed by atoms with Gasteiger partial charge >= 0.3 is 11.0 Å². The summed E-state index contributed by atoms with van der Waals surface area (Å²) < 4.78 is 99.6. The van der Waals surface area contributed by atoms with E-state index in [1.807, 2.05) is 6.07 Å². The van der Waals surface area contributed by atoms with Gasteiger partial charge in [-0.05, 0) is 30.3 Å². The molecule has 29 heavy (non-hydrogen) atoms. The Bertz CT molecular complexity index is 1170. The van der Waals surface area contributed by atoms with Gasteiger partial charge in [-0.15, -0.1) is 13.2 Å². The van der Waals surface area contributed by atoms with E-state index in [2.05, 4.69) is 0 Å². The van der Waals surface area contributed by atoms with E-state index in [1.165, 1.54) is 12.1 Å². The van der Waals surface area contributed by atoms with Gasteiger partial charge < -0.3 is 4.55 Å². The lowest BCUT2D eigenvalue weighted by Gasteiger charge is -2.08. The molecule has 0 bridgehead atoms. The zero-order chi connectivity index (χ0) is 22.0. The minimum absolute atomic E-state index is 0.223. The molecule has 4 nitrogen and oxygen atoms in total. The van der Waals surface area contributed by atoms with Crippen LogP contribution in [0.3, 0.4) is 0 Å². The van der Waals surface area contributed by atoms with Crippen LogP contribution in [0, 0.1) is 11.3 Å². The summed E-state index contributed by atoms with van der Waals surface area (Å²) in [5.41, 5.74) is -9.17. The number of thiophene rings is 1. The Morgan fingerprint density at radius 3 is 2.03 bits per heavy atom. The van der Waals surface area contributed by atoms with Gasteiger partial charge in [0.1, 0.15) is 10.5 Å². The molecule has 0 aliphatic heterocycles. The summed E-state index contributed by atoms with van der Waals surface area (Å²) in [6, 6.07) is 16.4. The van der Waals surface area contributed by atoms with Gasteiger partial charge in [-0.3, -0.25) is 0 Å². The first kappa shape index (κ1) is 22.7. The fraction of sp³-hybridized carbons (Fsp3) is 0.118. The summed E-state index contributed by atoms with van der Waals surface area (Å²) in [6.45, 7) is 0. The maximum Gasteiger partial charge on any atom is 0.601 e. The average Bonchev–Trinajstić information content (AvgIpc) is 3.00. The minimum atomic E-state index is -6.09. The van der Waals surface area contributed by atoms with Gasteiger partial charge in [0, 0.05) is 17.0 Å². The van der Waals surface area contributed by atoms with Crippen LogP contribution in [0.4, 0.5) is 26.3 Å². The van der Waals surface area contributed by atoms with E-state index < -0.39 is 31.6 Å². The summed E-state index contributed by atoms with van der Waals surface area (Å²) >= 11 is 0. The van der Waals surface area contributed by atoms with E-state index in [4.69, 9.17) is 18.2 Å². The molecule has 3 rings (SSSR count). The number of alkyl halides is 6. The number of hydrogen-bond acceptors (Lipinski definition) is 4. The quantitative estimate of drug-likeness (QED) is 0.206. The number of benzene rings is 2. The molecule has 0 saturated heterocycles. The van der Waals surface area contributed by atoms with Crippen LogP contribution in [0.1, 0.15) is 5.56 Å². The zero-order valence-electron chi connectivity index (χ0n) is 14.0. The molecule has 0 aliphatic carbocycles. The molecule has 12 heteroatoms. The maximum absolute atomic E-state index is 13.5. The largest absolute Gasteiger partial charge is 0.741 e. The van der Waals surface area contributed by atoms with E-state index in [9.17, 15) is 26.3 Å². The second kappa shape index (κ2) is 8.02. The van der Waals surface area contributed by atoms with Gasteiger partial charge in [0.05, 0.1) is 11.6 Å². The summed E-state index contributed by atoms with van der Waals surface area (Å²) in [5.74, 6) is 0. The van der Waals surface area contributed by atoms with E-state index in [-0.39, 0.29) is 4.88 Å². The van der Waals surface area contributed by atoms with Crippen LogP contribution in [0.25, 0.3) is 20.5 Å². The smallest absolute Gasteiger partial charge is 0.601 e. The van der Waals surface area contributed by atoms with Crippen molar-refractivity contribution in [1.29, 1.82) is 5.26 Å². The first-order valence-electron chi connectivity index (χ1n) is 7.40. The third-order valence-electron chi connectivity index (χ3n) is 3.44. The van der Waals surface area contributed by atoms with Gasteiger partial charge in [0.15, 0.2) is 19.7 Å². The summed E-state index contributed by atoms with van der Waals surface area (Å²) in [5, 5.41) is 9.51. The van der Waals surface area contributed by atoms with Gasteiger partial charge in [0.25, 0.3) is 0 Å². The van der Waals surface area contributed by atoms with Gasteiger partial charge in [-0.1, -0.05) is 18.2 Å². The summed E-state index contributed by atoms with van der Waals surface area (Å²) in [7, 11) is -8.06. The van der Waals surface area contributed by atoms with Gasteiger partial charge in [-0.2, -0.15) is 18.4 Å². The molecule has 2 aromatic carbocycles. The lowest BCUT2D eigenvalue weighted by molar-refractivity contribution is -0.0864. The fourth-order valence-electron chi connectivity index (χ4n) is 2.30. The Balaban J connectivity index is 0.000000321. The molecule has 1 heterocycles. The predicted molar refractivity (Wildman–Crippen MR) is 93.6 cm³/mol. The summed E-state index contributed by atoms with van der Waals surface area (Å²) in [6.07, 6.45) is 0. The lowest BCUT2D eigenvalue weighted by Crippen LogP contribution is -2.21. The van der Waals surface area contributed by atoms with Crippen molar-refractivity contribution in [2.45, 2.75) is 11.0 Å². The molecular weight excluding hydrogens is 444 g/mol. The molecule has 0 fully saturated rings. The number of fused-ring (bicyclic) bond motifs is 1. The van der Waals surface area contributed by atoms with Crippen molar-refractivity contribution >= 4 is 30.7 Å². The topological polar surface area (TPSA) is 81.0 Å². The first-order valence-corrected chi connectivity index (χ1v) is 10.0. The average molecular weight is 453 g/mol. The minimum Gasteiger partial charge on any atom is -0.741 e. The Kier molecular flexibility index (Phi) is 6.27. The SMILES string of the molecule is N#Cc1cccc(-c2cc3ccccc3[s+]2C(F)(F)F)c1.O=S(=O)([O-])C(F)(F)F. The Hall–Kier alpha value is -2.62. The van der Waals surface area contributed by atoms with Crippen LogP contribution in [-0.4, -0.2) is 18.5 Å². The fourth-order valence-corrected chi connectivity index (χ4v) is 4.22. The highest BCUT2D eigenvalue weighted by Crippen LogP contribution is 2.54. The molecule has 0 saturated carbocycles. The van der Waals surface area contributed by atoms with Crippen LogP contribution < -0.4 is 0 Å². The van der Waals surface area contributed by atoms with E-state index in [0.717, 1.165) is 0 Å². The van der Waals surface area contributed by atoms with Crippen LogP contribution in [0.5, 0.6) is 0 Å². The van der Waals surface area contributed by atoms with Crippen molar-refractivity contribution in [3.8, 4) is 16.5 Å². The van der Waals surface area contributed by atoms with Crippen LogP contribution >= 0.6 is 10.5 Å². The zero-order valence-corrected chi connectivity index (χ0v) is 15.6. The molecule has 0 aliphatic rings. The van der Waals surface area contributed by atoms with Crippen molar-refractivity contribution in [1.82, 2.24) is 0 Å². The van der Waals surface area contributed by atoms with Crippen molar-refractivity contribution in [3.05, 3.63) is 60.2 Å². The number of nitrogens with zero attached hydrogens (tertiary/aromatic N) is 1. The van der Waals surface area contributed by atoms with Crippen molar-refractivity contribution in [2.75, 3.05) is 0 Å². The van der Waals surface area contributed by atoms with Crippen LogP contribution in [0.15, 0.2) is 54.6 Å². The Labute approximate surface area is 163 Å². The molecule has 0 radical (unpaired) electrons. The molecule has 1 aromatic heterocycles. The highest BCUT2D eigenvalue weighted by Gasteiger charge is 2.48. The second-order valence-electron chi connectivity index (χ2n) is 5.39. The molecule has 1 atom stereocenters. The molecule has 0 spiro atoms. The molecule has 3 aromatic rings. The molecule has 1 unspecified atom stereocenters. The number of hydrogen-bond donors (Lipinski definition) is 0. The standard InChI is InChI=1S/C16H9F3NS.CHF3O3S/c17-16(18,19)21-14-7-2-1-5-13(14)9-15(21)12-6-3-4-11(8-12)10-20;2-1(3,4)8(5,6)7/h1-9H;(H,5,6,7)/q+1;/p-1. The molecule has 0 amide bonds. The third kappa shape index (κ3) is 5.26. The Morgan fingerprint density at radius 1 is 0.931 bits per heavy atom. The monoisotopic (exact) mass is 453 g/mol. The Morgan fingerprint density at radius 2 is 1.52 bits per heavy atom. The number of nitriles is 1. The first-order chi connectivity index (χ1) is 13.3. The highest BCUT2D eigenvalue weighted by atomic mass is 32.2. The number of halogens is 6.